The zero-order valence-electron chi connectivity index (χ0n) is 12.6. The molecular weight excluding hydrogens is 258 g/mol. The highest BCUT2D eigenvalue weighted by atomic mass is 32.1. The quantitative estimate of drug-likeness (QED) is 0.842. The lowest BCUT2D eigenvalue weighted by molar-refractivity contribution is -0.129. The first-order valence-corrected chi connectivity index (χ1v) is 6.73. The number of thiol groups is 1. The number of pyridine rings is 1. The van der Waals surface area contributed by atoms with Crippen LogP contribution in [0.3, 0.4) is 0 Å². The Morgan fingerprint density at radius 1 is 1.37 bits per heavy atom. The SMILES string of the molecule is C=C(C)c1ncc(OC(C)(C)C(C)=O)cc1S.CC. The Kier molecular flexibility index (Phi) is 6.84. The molecule has 0 saturated heterocycles. The van der Waals surface area contributed by atoms with Crippen molar-refractivity contribution in [3.8, 4) is 5.75 Å². The third-order valence-electron chi connectivity index (χ3n) is 2.47. The molecule has 0 fully saturated rings. The lowest BCUT2D eigenvalue weighted by Gasteiger charge is -2.23. The van der Waals surface area contributed by atoms with Crippen LogP contribution in [0, 0.1) is 0 Å². The number of ketones is 1. The van der Waals surface area contributed by atoms with Crippen molar-refractivity contribution in [1.82, 2.24) is 4.98 Å². The van der Waals surface area contributed by atoms with Crippen molar-refractivity contribution >= 4 is 24.0 Å². The first-order chi connectivity index (χ1) is 8.74. The summed E-state index contributed by atoms with van der Waals surface area (Å²) in [6, 6.07) is 1.74. The van der Waals surface area contributed by atoms with E-state index in [0.717, 1.165) is 11.3 Å². The molecule has 0 amide bonds. The number of rotatable bonds is 4. The number of allylic oxidation sites excluding steroid dienone is 1. The van der Waals surface area contributed by atoms with Crippen LogP contribution in [0.1, 0.15) is 47.2 Å². The van der Waals surface area contributed by atoms with Crippen molar-refractivity contribution in [3.63, 3.8) is 0 Å². The molecule has 19 heavy (non-hydrogen) atoms. The highest BCUT2D eigenvalue weighted by Crippen LogP contribution is 2.25. The predicted octanol–water partition coefficient (Wildman–Crippen LogP) is 4.18. The van der Waals surface area contributed by atoms with Crippen molar-refractivity contribution in [3.05, 3.63) is 24.5 Å². The summed E-state index contributed by atoms with van der Waals surface area (Å²) in [5, 5.41) is 0. The smallest absolute Gasteiger partial charge is 0.172 e. The molecule has 1 rings (SSSR count). The minimum atomic E-state index is -0.855. The molecule has 0 N–H and O–H groups in total. The zero-order valence-corrected chi connectivity index (χ0v) is 13.5. The van der Waals surface area contributed by atoms with Gasteiger partial charge in [0.15, 0.2) is 11.4 Å². The average molecular weight is 281 g/mol. The minimum Gasteiger partial charge on any atom is -0.478 e. The molecule has 1 heterocycles. The number of carbonyl (C=O) groups is 1. The van der Waals surface area contributed by atoms with Gasteiger partial charge in [-0.15, -0.1) is 12.6 Å². The number of aromatic nitrogens is 1. The van der Waals surface area contributed by atoms with Gasteiger partial charge in [-0.05, 0) is 39.3 Å². The minimum absolute atomic E-state index is 0.0396. The summed E-state index contributed by atoms with van der Waals surface area (Å²) in [6.07, 6.45) is 1.58. The van der Waals surface area contributed by atoms with Crippen molar-refractivity contribution in [2.24, 2.45) is 0 Å². The highest BCUT2D eigenvalue weighted by Gasteiger charge is 2.26. The van der Waals surface area contributed by atoms with E-state index in [2.05, 4.69) is 24.2 Å². The summed E-state index contributed by atoms with van der Waals surface area (Å²) >= 11 is 4.32. The summed E-state index contributed by atoms with van der Waals surface area (Å²) < 4.78 is 5.59. The van der Waals surface area contributed by atoms with Gasteiger partial charge >= 0.3 is 0 Å². The Bertz CT molecular complexity index is 467. The van der Waals surface area contributed by atoms with Crippen LogP contribution in [0.25, 0.3) is 5.57 Å². The summed E-state index contributed by atoms with van der Waals surface area (Å²) in [5.41, 5.74) is 0.723. The van der Waals surface area contributed by atoms with Crippen LogP contribution in [0.2, 0.25) is 0 Å². The Labute approximate surface area is 121 Å². The van der Waals surface area contributed by atoms with E-state index >= 15 is 0 Å². The van der Waals surface area contributed by atoms with Crippen LogP contribution in [-0.2, 0) is 4.79 Å². The molecule has 4 heteroatoms. The predicted molar refractivity (Wildman–Crippen MR) is 82.9 cm³/mol. The van der Waals surface area contributed by atoms with Crippen LogP contribution in [0.5, 0.6) is 5.75 Å². The van der Waals surface area contributed by atoms with E-state index in [1.165, 1.54) is 6.92 Å². The lowest BCUT2D eigenvalue weighted by Crippen LogP contribution is -2.36. The second-order valence-corrected chi connectivity index (χ2v) is 4.97. The summed E-state index contributed by atoms with van der Waals surface area (Å²) in [7, 11) is 0. The van der Waals surface area contributed by atoms with Gasteiger partial charge in [-0.3, -0.25) is 9.78 Å². The normalized spacial score (nSPS) is 10.3. The molecule has 0 aliphatic heterocycles. The van der Waals surface area contributed by atoms with E-state index in [1.54, 1.807) is 26.1 Å². The van der Waals surface area contributed by atoms with Crippen LogP contribution in [0.4, 0.5) is 0 Å². The summed E-state index contributed by atoms with van der Waals surface area (Å²) in [4.78, 5) is 16.2. The Morgan fingerprint density at radius 3 is 2.26 bits per heavy atom. The van der Waals surface area contributed by atoms with Gasteiger partial charge in [0.05, 0.1) is 11.9 Å². The first kappa shape index (κ1) is 17.7. The Hall–Kier alpha value is -1.29. The van der Waals surface area contributed by atoms with Crippen LogP contribution in [0.15, 0.2) is 23.7 Å². The molecule has 1 aromatic rings. The number of carbonyl (C=O) groups excluding carboxylic acids is 1. The topological polar surface area (TPSA) is 39.2 Å². The molecule has 0 saturated carbocycles. The molecule has 0 aliphatic rings. The maximum absolute atomic E-state index is 11.4. The number of ether oxygens (including phenoxy) is 1. The second-order valence-electron chi connectivity index (χ2n) is 4.49. The van der Waals surface area contributed by atoms with Crippen LogP contribution in [-0.4, -0.2) is 16.4 Å². The molecule has 1 aromatic heterocycles. The van der Waals surface area contributed by atoms with E-state index in [1.807, 2.05) is 20.8 Å². The zero-order chi connectivity index (χ0) is 15.2. The third-order valence-corrected chi connectivity index (χ3v) is 2.81. The monoisotopic (exact) mass is 281 g/mol. The van der Waals surface area contributed by atoms with Crippen LogP contribution >= 0.6 is 12.6 Å². The highest BCUT2D eigenvalue weighted by molar-refractivity contribution is 7.80. The largest absolute Gasteiger partial charge is 0.478 e. The summed E-state index contributed by atoms with van der Waals surface area (Å²) in [5.74, 6) is 0.488. The Balaban J connectivity index is 0.00000154. The molecule has 0 aliphatic carbocycles. The van der Waals surface area contributed by atoms with E-state index in [0.29, 0.717) is 10.6 Å². The maximum atomic E-state index is 11.4. The fraction of sp³-hybridized carbons (Fsp3) is 0.467. The fourth-order valence-corrected chi connectivity index (χ4v) is 1.56. The standard InChI is InChI=1S/C13H17NO2S.C2H6/c1-8(2)12-11(17)6-10(7-14-12)16-13(4,5)9(3)15;1-2/h6-7,17H,1H2,2-5H3;1-2H3. The van der Waals surface area contributed by atoms with E-state index < -0.39 is 5.60 Å². The van der Waals surface area contributed by atoms with Gasteiger partial charge in [-0.2, -0.15) is 0 Å². The van der Waals surface area contributed by atoms with Gasteiger partial charge in [-0.25, -0.2) is 0 Å². The lowest BCUT2D eigenvalue weighted by atomic mass is 10.1. The second kappa shape index (κ2) is 7.34. The number of nitrogens with zero attached hydrogens (tertiary/aromatic N) is 1. The van der Waals surface area contributed by atoms with Gasteiger partial charge in [0.1, 0.15) is 5.75 Å². The summed E-state index contributed by atoms with van der Waals surface area (Å²) in [6.45, 7) is 14.6. The van der Waals surface area contributed by atoms with Gasteiger partial charge in [0.25, 0.3) is 0 Å². The van der Waals surface area contributed by atoms with Gasteiger partial charge in [0, 0.05) is 4.90 Å². The van der Waals surface area contributed by atoms with Gasteiger partial charge in [-0.1, -0.05) is 20.4 Å². The number of Topliss-reactive ketones (excluding diaryl/α,β-unsaturated/α-hetero) is 1. The van der Waals surface area contributed by atoms with Crippen molar-refractivity contribution in [2.75, 3.05) is 0 Å². The van der Waals surface area contributed by atoms with E-state index in [9.17, 15) is 4.79 Å². The molecule has 0 atom stereocenters. The molecule has 0 unspecified atom stereocenters. The van der Waals surface area contributed by atoms with E-state index in [-0.39, 0.29) is 5.78 Å². The number of hydrogen-bond donors (Lipinski definition) is 1. The molecule has 0 radical (unpaired) electrons. The maximum Gasteiger partial charge on any atom is 0.172 e. The van der Waals surface area contributed by atoms with E-state index in [4.69, 9.17) is 4.74 Å². The molecule has 0 bridgehead atoms. The molecule has 0 aromatic carbocycles. The van der Waals surface area contributed by atoms with Gasteiger partial charge < -0.3 is 4.74 Å². The third kappa shape index (κ3) is 5.07. The Morgan fingerprint density at radius 2 is 1.89 bits per heavy atom. The number of hydrogen-bond acceptors (Lipinski definition) is 4. The molecule has 106 valence electrons. The van der Waals surface area contributed by atoms with Gasteiger partial charge in [0.2, 0.25) is 0 Å². The fourth-order valence-electron chi connectivity index (χ4n) is 1.19. The average Bonchev–Trinajstić information content (AvgIpc) is 2.30. The van der Waals surface area contributed by atoms with Crippen molar-refractivity contribution in [1.29, 1.82) is 0 Å². The molecule has 3 nitrogen and oxygen atoms in total. The first-order valence-electron chi connectivity index (χ1n) is 6.29. The molecule has 0 spiro atoms. The molecular formula is C15H23NO2S. The van der Waals surface area contributed by atoms with Crippen molar-refractivity contribution in [2.45, 2.75) is 52.0 Å². The van der Waals surface area contributed by atoms with Crippen LogP contribution < -0.4 is 4.74 Å². The van der Waals surface area contributed by atoms with Crippen molar-refractivity contribution < 1.29 is 9.53 Å².